The summed E-state index contributed by atoms with van der Waals surface area (Å²) in [6.45, 7) is 4.05. The van der Waals surface area contributed by atoms with Crippen LogP contribution in [0.25, 0.3) is 22.2 Å². The maximum atomic E-state index is 14.8. The second-order valence-electron chi connectivity index (χ2n) is 8.50. The molecule has 1 aliphatic heterocycles. The Labute approximate surface area is 191 Å². The Bertz CT molecular complexity index is 1350. The van der Waals surface area contributed by atoms with E-state index in [1.807, 2.05) is 44.3 Å². The fourth-order valence-electron chi connectivity index (χ4n) is 4.35. The lowest BCUT2D eigenvalue weighted by Crippen LogP contribution is -2.34. The van der Waals surface area contributed by atoms with Crippen LogP contribution in [0.4, 0.5) is 4.39 Å². The highest BCUT2D eigenvalue weighted by Crippen LogP contribution is 2.36. The van der Waals surface area contributed by atoms with Crippen molar-refractivity contribution < 1.29 is 13.9 Å². The first-order chi connectivity index (χ1) is 16.0. The smallest absolute Gasteiger partial charge is 0.220 e. The highest BCUT2D eigenvalue weighted by atomic mass is 19.1. The molecule has 2 N–H and O–H groups in total. The van der Waals surface area contributed by atoms with Crippen molar-refractivity contribution in [3.05, 3.63) is 77.1 Å². The van der Waals surface area contributed by atoms with Crippen molar-refractivity contribution in [2.45, 2.75) is 39.2 Å². The number of amides is 1. The molecule has 5 rings (SSSR count). The zero-order valence-electron chi connectivity index (χ0n) is 18.6. The van der Waals surface area contributed by atoms with Crippen LogP contribution < -0.4 is 10.1 Å². The summed E-state index contributed by atoms with van der Waals surface area (Å²) in [6, 6.07) is 11.4. The fourth-order valence-corrected chi connectivity index (χ4v) is 4.35. The molecule has 4 aromatic rings. The molecule has 2 aromatic heterocycles. The zero-order valence-corrected chi connectivity index (χ0v) is 18.6. The van der Waals surface area contributed by atoms with Crippen LogP contribution in [0, 0.1) is 19.7 Å². The molecule has 1 amide bonds. The molecule has 0 fully saturated rings. The van der Waals surface area contributed by atoms with Crippen LogP contribution >= 0.6 is 0 Å². The number of hydrogen-bond donors (Lipinski definition) is 2. The van der Waals surface area contributed by atoms with Gasteiger partial charge in [0.25, 0.3) is 0 Å². The number of nitrogens with one attached hydrogen (secondary N) is 2. The van der Waals surface area contributed by atoms with Gasteiger partial charge < -0.3 is 15.0 Å². The van der Waals surface area contributed by atoms with Gasteiger partial charge in [0.2, 0.25) is 5.91 Å². The summed E-state index contributed by atoms with van der Waals surface area (Å²) >= 11 is 0. The Morgan fingerprint density at radius 1 is 1.27 bits per heavy atom. The molecule has 0 unspecified atom stereocenters. The summed E-state index contributed by atoms with van der Waals surface area (Å²) in [5.74, 6) is -0.208. The minimum absolute atomic E-state index is 0.0494. The number of aryl methyl sites for hydroxylation is 3. The Hall–Kier alpha value is -3.74. The third kappa shape index (κ3) is 4.31. The summed E-state index contributed by atoms with van der Waals surface area (Å²) < 4.78 is 20.6. The van der Waals surface area contributed by atoms with E-state index in [1.54, 1.807) is 6.20 Å². The molecule has 7 heteroatoms. The number of carbonyl (C=O) groups excluding carboxylic acids is 1. The lowest BCUT2D eigenvalue weighted by Gasteiger charge is -2.12. The van der Waals surface area contributed by atoms with Crippen molar-refractivity contribution >= 4 is 16.8 Å². The van der Waals surface area contributed by atoms with E-state index in [-0.39, 0.29) is 17.8 Å². The summed E-state index contributed by atoms with van der Waals surface area (Å²) in [6.07, 6.45) is 4.91. The number of carbonyl (C=O) groups is 1. The fraction of sp³-hybridized carbons (Fsp3) is 0.269. The first-order valence-electron chi connectivity index (χ1n) is 11.1. The predicted molar refractivity (Wildman–Crippen MR) is 125 cm³/mol. The predicted octanol–water partition coefficient (Wildman–Crippen LogP) is 4.43. The van der Waals surface area contributed by atoms with Crippen molar-refractivity contribution in [1.29, 1.82) is 0 Å². The van der Waals surface area contributed by atoms with Crippen LogP contribution in [0.5, 0.6) is 5.75 Å². The van der Waals surface area contributed by atoms with Gasteiger partial charge >= 0.3 is 0 Å². The standard InChI is InChI=1S/C26H25FN4O2/c1-15-12-28-16(2)25(31-15)18-9-19-10-20(33-26(19)22(27)11-18)14-30-24(32)8-7-17-13-29-23-6-4-3-5-21(17)23/h3-6,9,11-13,20,29H,7-8,10,14H2,1-2H3,(H,30,32)/t20-/m0/s1. The molecular weight excluding hydrogens is 419 g/mol. The molecule has 2 aromatic carbocycles. The Morgan fingerprint density at radius 2 is 2.12 bits per heavy atom. The number of benzene rings is 2. The zero-order chi connectivity index (χ0) is 22.9. The summed E-state index contributed by atoms with van der Waals surface area (Å²) in [7, 11) is 0. The van der Waals surface area contributed by atoms with Crippen LogP contribution in [0.3, 0.4) is 0 Å². The van der Waals surface area contributed by atoms with E-state index in [9.17, 15) is 9.18 Å². The highest BCUT2D eigenvalue weighted by Gasteiger charge is 2.27. The van der Waals surface area contributed by atoms with Gasteiger partial charge in [-0.15, -0.1) is 0 Å². The Morgan fingerprint density at radius 3 is 3.00 bits per heavy atom. The lowest BCUT2D eigenvalue weighted by molar-refractivity contribution is -0.121. The van der Waals surface area contributed by atoms with Crippen molar-refractivity contribution in [1.82, 2.24) is 20.3 Å². The van der Waals surface area contributed by atoms with Crippen molar-refractivity contribution in [2.75, 3.05) is 6.54 Å². The maximum absolute atomic E-state index is 14.8. The van der Waals surface area contributed by atoms with Gasteiger partial charge in [0.1, 0.15) is 6.10 Å². The highest BCUT2D eigenvalue weighted by molar-refractivity contribution is 5.84. The third-order valence-corrected chi connectivity index (χ3v) is 6.03. The largest absolute Gasteiger partial charge is 0.485 e. The molecule has 0 saturated heterocycles. The number of aromatic amines is 1. The molecule has 0 radical (unpaired) electrons. The van der Waals surface area contributed by atoms with Gasteiger partial charge in [-0.1, -0.05) is 18.2 Å². The number of fused-ring (bicyclic) bond motifs is 2. The third-order valence-electron chi connectivity index (χ3n) is 6.03. The first-order valence-corrected chi connectivity index (χ1v) is 11.1. The molecule has 0 bridgehead atoms. The summed E-state index contributed by atoms with van der Waals surface area (Å²) in [4.78, 5) is 24.5. The molecule has 1 atom stereocenters. The molecule has 0 spiro atoms. The number of halogens is 1. The number of nitrogens with zero attached hydrogens (tertiary/aromatic N) is 2. The quantitative estimate of drug-likeness (QED) is 0.461. The maximum Gasteiger partial charge on any atom is 0.220 e. The molecule has 6 nitrogen and oxygen atoms in total. The average molecular weight is 445 g/mol. The monoisotopic (exact) mass is 444 g/mol. The number of para-hydroxylation sites is 1. The normalized spacial score (nSPS) is 14.8. The second-order valence-corrected chi connectivity index (χ2v) is 8.50. The van der Waals surface area contributed by atoms with E-state index < -0.39 is 5.82 Å². The molecule has 1 aliphatic rings. The van der Waals surface area contributed by atoms with E-state index in [4.69, 9.17) is 4.74 Å². The van der Waals surface area contributed by atoms with Gasteiger partial charge in [-0.3, -0.25) is 9.78 Å². The SMILES string of the molecule is Cc1cnc(C)c(-c2cc(F)c3c(c2)C[C@@H](CNC(=O)CCc2c[nH]c4ccccc24)O3)n1. The van der Waals surface area contributed by atoms with Gasteiger partial charge in [0.05, 0.1) is 23.6 Å². The Kier molecular flexibility index (Phi) is 5.54. The lowest BCUT2D eigenvalue weighted by atomic mass is 10.0. The van der Waals surface area contributed by atoms with Gasteiger partial charge in [-0.05, 0) is 44.0 Å². The topological polar surface area (TPSA) is 79.9 Å². The van der Waals surface area contributed by atoms with Crippen molar-refractivity contribution in [3.8, 4) is 17.0 Å². The van der Waals surface area contributed by atoms with E-state index in [2.05, 4.69) is 26.3 Å². The first kappa shape index (κ1) is 21.1. The van der Waals surface area contributed by atoms with Crippen LogP contribution in [-0.4, -0.2) is 33.5 Å². The molecular formula is C26H25FN4O2. The average Bonchev–Trinajstić information content (AvgIpc) is 3.42. The van der Waals surface area contributed by atoms with Gasteiger partial charge in [-0.25, -0.2) is 9.37 Å². The number of ether oxygens (including phenoxy) is 1. The van der Waals surface area contributed by atoms with Gasteiger partial charge in [0, 0.05) is 47.3 Å². The van der Waals surface area contributed by atoms with E-state index >= 15 is 0 Å². The van der Waals surface area contributed by atoms with Crippen molar-refractivity contribution in [3.63, 3.8) is 0 Å². The Balaban J connectivity index is 1.20. The minimum Gasteiger partial charge on any atom is -0.485 e. The molecule has 3 heterocycles. The van der Waals surface area contributed by atoms with Crippen molar-refractivity contribution in [2.24, 2.45) is 0 Å². The van der Waals surface area contributed by atoms with Gasteiger partial charge in [0.15, 0.2) is 11.6 Å². The van der Waals surface area contributed by atoms with Crippen LogP contribution in [0.15, 0.2) is 48.8 Å². The van der Waals surface area contributed by atoms with E-state index in [1.165, 1.54) is 6.07 Å². The van der Waals surface area contributed by atoms with Crippen LogP contribution in [0.2, 0.25) is 0 Å². The number of hydrogen-bond acceptors (Lipinski definition) is 4. The number of rotatable bonds is 6. The minimum atomic E-state index is -0.418. The van der Waals surface area contributed by atoms with E-state index in [0.29, 0.717) is 37.1 Å². The van der Waals surface area contributed by atoms with Crippen LogP contribution in [-0.2, 0) is 17.6 Å². The number of aromatic nitrogens is 3. The molecule has 168 valence electrons. The molecule has 33 heavy (non-hydrogen) atoms. The second kappa shape index (κ2) is 8.65. The van der Waals surface area contributed by atoms with Crippen LogP contribution in [0.1, 0.15) is 28.9 Å². The van der Waals surface area contributed by atoms with E-state index in [0.717, 1.165) is 33.4 Å². The summed E-state index contributed by atoms with van der Waals surface area (Å²) in [5, 5.41) is 4.07. The molecule has 0 saturated carbocycles. The molecule has 0 aliphatic carbocycles. The number of H-pyrrole nitrogens is 1. The van der Waals surface area contributed by atoms with Gasteiger partial charge in [-0.2, -0.15) is 0 Å². The summed E-state index contributed by atoms with van der Waals surface area (Å²) in [5.41, 5.74) is 5.86.